The molecule has 0 saturated heterocycles. The Morgan fingerprint density at radius 1 is 1.30 bits per heavy atom. The Labute approximate surface area is 133 Å². The van der Waals surface area contributed by atoms with Crippen molar-refractivity contribution < 1.29 is 0 Å². The van der Waals surface area contributed by atoms with Crippen LogP contribution in [0.15, 0.2) is 46.1 Å². The lowest BCUT2D eigenvalue weighted by Gasteiger charge is -2.11. The number of halogens is 1. The smallest absolute Gasteiger partial charge is 0.110 e. The summed E-state index contributed by atoms with van der Waals surface area (Å²) in [5.74, 6) is 0.631. The van der Waals surface area contributed by atoms with Crippen molar-refractivity contribution in [3.05, 3.63) is 35.9 Å². The van der Waals surface area contributed by atoms with Crippen molar-refractivity contribution >= 4 is 39.1 Å². The van der Waals surface area contributed by atoms with Crippen molar-refractivity contribution in [3.8, 4) is 0 Å². The number of nitrogens with zero attached hydrogens (tertiary/aromatic N) is 3. The highest BCUT2D eigenvalue weighted by molar-refractivity contribution is 9.09. The maximum absolute atomic E-state index is 4.18. The number of hydrogen-bond acceptors (Lipinski definition) is 5. The molecule has 1 aromatic rings. The van der Waals surface area contributed by atoms with Gasteiger partial charge in [-0.05, 0) is 36.1 Å². The summed E-state index contributed by atoms with van der Waals surface area (Å²) < 4.78 is 0. The van der Waals surface area contributed by atoms with Gasteiger partial charge in [-0.3, -0.25) is 0 Å². The first-order valence-electron chi connectivity index (χ1n) is 6.45. The monoisotopic (exact) mass is 356 g/mol. The highest BCUT2D eigenvalue weighted by atomic mass is 79.9. The number of thioether (sulfide) groups is 1. The van der Waals surface area contributed by atoms with E-state index in [1.807, 2.05) is 50.0 Å². The number of alkyl halides is 1. The van der Waals surface area contributed by atoms with Crippen molar-refractivity contribution in [2.24, 2.45) is 10.2 Å². The fraction of sp³-hybridized carbons (Fsp3) is 0.429. The molecule has 0 bridgehead atoms. The Hall–Kier alpha value is -1.01. The van der Waals surface area contributed by atoms with Crippen LogP contribution in [0.5, 0.6) is 0 Å². The Bertz CT molecular complexity index is 418. The van der Waals surface area contributed by atoms with Gasteiger partial charge in [-0.2, -0.15) is 10.2 Å². The van der Waals surface area contributed by atoms with Crippen LogP contribution >= 0.6 is 27.7 Å². The molecule has 0 atom stereocenters. The van der Waals surface area contributed by atoms with Gasteiger partial charge in [0.1, 0.15) is 5.88 Å². The van der Waals surface area contributed by atoms with Gasteiger partial charge >= 0.3 is 0 Å². The van der Waals surface area contributed by atoms with E-state index in [-0.39, 0.29) is 0 Å². The third kappa shape index (κ3) is 7.55. The maximum atomic E-state index is 4.18. The van der Waals surface area contributed by atoms with Gasteiger partial charge in [0, 0.05) is 37.9 Å². The third-order valence-electron chi connectivity index (χ3n) is 2.42. The van der Waals surface area contributed by atoms with E-state index in [2.05, 4.69) is 36.4 Å². The van der Waals surface area contributed by atoms with Gasteiger partial charge in [-0.15, -0.1) is 11.8 Å². The van der Waals surface area contributed by atoms with Crippen LogP contribution in [0.25, 0.3) is 0 Å². The molecule has 110 valence electrons. The zero-order valence-corrected chi connectivity index (χ0v) is 14.3. The van der Waals surface area contributed by atoms with E-state index in [0.29, 0.717) is 5.88 Å². The molecule has 1 N–H and O–H groups in total. The van der Waals surface area contributed by atoms with Gasteiger partial charge in [-0.25, -0.2) is 0 Å². The molecule has 0 fully saturated rings. The Kier molecular flexibility index (Phi) is 9.15. The number of azo groups is 1. The van der Waals surface area contributed by atoms with Gasteiger partial charge in [0.05, 0.1) is 5.69 Å². The second-order valence-electron chi connectivity index (χ2n) is 4.25. The van der Waals surface area contributed by atoms with Crippen LogP contribution in [0.2, 0.25) is 0 Å². The van der Waals surface area contributed by atoms with E-state index in [0.717, 1.165) is 29.7 Å². The fourth-order valence-electron chi connectivity index (χ4n) is 1.35. The summed E-state index contributed by atoms with van der Waals surface area (Å²) in [6.07, 6.45) is 3.08. The average Bonchev–Trinajstić information content (AvgIpc) is 2.46. The van der Waals surface area contributed by atoms with E-state index in [9.17, 15) is 0 Å². The van der Waals surface area contributed by atoms with Crippen molar-refractivity contribution in [2.75, 3.05) is 36.7 Å². The van der Waals surface area contributed by atoms with Gasteiger partial charge in [0.15, 0.2) is 0 Å². The molecule has 0 aromatic heterocycles. The van der Waals surface area contributed by atoms with Crippen LogP contribution in [0, 0.1) is 0 Å². The summed E-state index contributed by atoms with van der Waals surface area (Å²) >= 11 is 5.00. The molecule has 0 saturated carbocycles. The van der Waals surface area contributed by atoms with Crippen LogP contribution in [-0.2, 0) is 0 Å². The molecule has 0 aliphatic carbocycles. The lowest BCUT2D eigenvalue weighted by molar-refractivity contribution is 0.820. The molecule has 4 nitrogen and oxygen atoms in total. The van der Waals surface area contributed by atoms with Crippen LogP contribution in [0.1, 0.15) is 6.42 Å². The molecule has 0 heterocycles. The quantitative estimate of drug-likeness (QED) is 0.405. The van der Waals surface area contributed by atoms with Gasteiger partial charge in [-0.1, -0.05) is 15.9 Å². The lowest BCUT2D eigenvalue weighted by Crippen LogP contribution is -2.07. The molecular formula is C14H21BrN4S. The molecule has 0 aliphatic heterocycles. The van der Waals surface area contributed by atoms with Gasteiger partial charge in [0.25, 0.3) is 0 Å². The Morgan fingerprint density at radius 3 is 2.70 bits per heavy atom. The molecular weight excluding hydrogens is 336 g/mol. The van der Waals surface area contributed by atoms with E-state index in [1.54, 1.807) is 11.8 Å². The predicted octanol–water partition coefficient (Wildman–Crippen LogP) is 4.37. The first-order valence-corrected chi connectivity index (χ1v) is 8.62. The molecule has 1 aromatic carbocycles. The second kappa shape index (κ2) is 10.7. The lowest BCUT2D eigenvalue weighted by atomic mass is 10.3. The minimum absolute atomic E-state index is 0.631. The fourth-order valence-corrected chi connectivity index (χ4v) is 2.04. The predicted molar refractivity (Wildman–Crippen MR) is 93.3 cm³/mol. The molecule has 0 unspecified atom stereocenters. The molecule has 20 heavy (non-hydrogen) atoms. The number of benzene rings is 1. The summed E-state index contributed by atoms with van der Waals surface area (Å²) in [4.78, 5) is 2.06. The minimum Gasteiger partial charge on any atom is -0.390 e. The molecule has 6 heteroatoms. The summed E-state index contributed by atoms with van der Waals surface area (Å²) in [5.41, 5.74) is 2.05. The van der Waals surface area contributed by atoms with E-state index >= 15 is 0 Å². The number of hydrogen-bond donors (Lipinski definition) is 1. The molecule has 0 radical (unpaired) electrons. The van der Waals surface area contributed by atoms with Gasteiger partial charge < -0.3 is 10.2 Å². The van der Waals surface area contributed by atoms with Crippen LogP contribution < -0.4 is 10.2 Å². The summed E-state index contributed by atoms with van der Waals surface area (Å²) in [6, 6.07) is 8.02. The Balaban J connectivity index is 2.21. The number of rotatable bonds is 9. The normalized spacial score (nSPS) is 11.3. The van der Waals surface area contributed by atoms with Crippen LogP contribution in [0.4, 0.5) is 11.4 Å². The maximum Gasteiger partial charge on any atom is 0.110 e. The first-order chi connectivity index (χ1) is 9.74. The standard InChI is InChI=1S/C14H21BrN4S/c1-19(2)14-6-4-13(5-7-14)18-17-12-20-11-10-16-9-3-8-15/h4-7,10-11,16H,3,8-9,12H2,1-2H3/b11-10-,18-17?. The Morgan fingerprint density at radius 2 is 2.05 bits per heavy atom. The third-order valence-corrected chi connectivity index (χ3v) is 3.58. The van der Waals surface area contributed by atoms with Crippen molar-refractivity contribution in [2.45, 2.75) is 6.42 Å². The summed E-state index contributed by atoms with van der Waals surface area (Å²) in [5, 5.41) is 14.6. The van der Waals surface area contributed by atoms with Crippen LogP contribution in [0.3, 0.4) is 0 Å². The highest BCUT2D eigenvalue weighted by Crippen LogP contribution is 2.18. The summed E-state index contributed by atoms with van der Waals surface area (Å²) in [6.45, 7) is 0.988. The van der Waals surface area contributed by atoms with Crippen molar-refractivity contribution in [1.82, 2.24) is 5.32 Å². The minimum atomic E-state index is 0.631. The SMILES string of the molecule is CN(C)c1ccc(N=NCS/C=C\NCCCBr)cc1. The topological polar surface area (TPSA) is 40.0 Å². The molecule has 1 rings (SSSR count). The van der Waals surface area contributed by atoms with E-state index < -0.39 is 0 Å². The zero-order chi connectivity index (χ0) is 14.6. The van der Waals surface area contributed by atoms with E-state index in [1.165, 1.54) is 0 Å². The zero-order valence-electron chi connectivity index (χ0n) is 11.9. The van der Waals surface area contributed by atoms with E-state index in [4.69, 9.17) is 0 Å². The van der Waals surface area contributed by atoms with Crippen LogP contribution in [-0.4, -0.2) is 31.8 Å². The summed E-state index contributed by atoms with van der Waals surface area (Å²) in [7, 11) is 4.04. The molecule has 0 aliphatic rings. The first kappa shape index (κ1) is 17.0. The largest absolute Gasteiger partial charge is 0.390 e. The van der Waals surface area contributed by atoms with Crippen molar-refractivity contribution in [1.29, 1.82) is 0 Å². The van der Waals surface area contributed by atoms with Crippen molar-refractivity contribution in [3.63, 3.8) is 0 Å². The van der Waals surface area contributed by atoms with Gasteiger partial charge in [0.2, 0.25) is 0 Å². The molecule has 0 spiro atoms. The number of nitrogens with one attached hydrogen (secondary N) is 1. The molecule has 0 amide bonds. The highest BCUT2D eigenvalue weighted by Gasteiger charge is 1.94. The average molecular weight is 357 g/mol. The number of anilines is 1. The second-order valence-corrected chi connectivity index (χ2v) is 5.90.